The van der Waals surface area contributed by atoms with E-state index in [-0.39, 0.29) is 17.1 Å². The average Bonchev–Trinajstić information content (AvgIpc) is 3.00. The van der Waals surface area contributed by atoms with Crippen molar-refractivity contribution in [2.45, 2.75) is 6.61 Å². The monoisotopic (exact) mass is 438 g/mol. The lowest BCUT2D eigenvalue weighted by molar-refractivity contribution is -0.131. The van der Waals surface area contributed by atoms with E-state index in [4.69, 9.17) is 32.7 Å². The smallest absolute Gasteiger partial charge is 0.348 e. The summed E-state index contributed by atoms with van der Waals surface area (Å²) in [6.07, 6.45) is 1.57. The Kier molecular flexibility index (Phi) is 5.79. The molecule has 0 aromatic heterocycles. The number of aliphatic hydroxyl groups is 1. The lowest BCUT2D eigenvalue weighted by Crippen LogP contribution is -1.98. The van der Waals surface area contributed by atoms with Gasteiger partial charge in [-0.3, -0.25) is 0 Å². The molecule has 4 rings (SSSR count). The highest BCUT2D eigenvalue weighted by Gasteiger charge is 2.31. The lowest BCUT2D eigenvalue weighted by Gasteiger charge is -2.07. The molecule has 1 aliphatic heterocycles. The van der Waals surface area contributed by atoms with Gasteiger partial charge in [-0.25, -0.2) is 4.79 Å². The summed E-state index contributed by atoms with van der Waals surface area (Å²) in [5.74, 6) is -0.239. The molecule has 1 aliphatic rings. The quantitative estimate of drug-likeness (QED) is 0.465. The molecule has 0 amide bonds. The molecule has 0 saturated carbocycles. The van der Waals surface area contributed by atoms with Gasteiger partial charge in [-0.2, -0.15) is 0 Å². The Labute approximate surface area is 183 Å². The van der Waals surface area contributed by atoms with Gasteiger partial charge >= 0.3 is 5.97 Å². The van der Waals surface area contributed by atoms with Crippen molar-refractivity contribution in [3.8, 4) is 5.75 Å². The number of esters is 1. The minimum absolute atomic E-state index is 0.0159. The molecule has 1 heterocycles. The standard InChI is InChI=1S/C24H16Cl2O4/c25-18-11-17(12-19(26)13-18)22-23(27)21(30-24(22)28)10-16-7-4-8-20(9-16)29-14-15-5-2-1-3-6-15/h1-13,27H,14H2/b21-10-. The molecule has 1 N–H and O–H groups in total. The van der Waals surface area contributed by atoms with Gasteiger partial charge in [0.25, 0.3) is 0 Å². The van der Waals surface area contributed by atoms with Gasteiger partial charge in [0.05, 0.1) is 0 Å². The summed E-state index contributed by atoms with van der Waals surface area (Å²) in [6, 6.07) is 21.7. The van der Waals surface area contributed by atoms with Gasteiger partial charge in [-0.1, -0.05) is 65.7 Å². The number of ether oxygens (including phenoxy) is 2. The van der Waals surface area contributed by atoms with E-state index in [1.165, 1.54) is 0 Å². The maximum atomic E-state index is 12.3. The summed E-state index contributed by atoms with van der Waals surface area (Å²) in [6.45, 7) is 0.431. The fourth-order valence-electron chi connectivity index (χ4n) is 3.06. The van der Waals surface area contributed by atoms with Crippen LogP contribution in [0.5, 0.6) is 5.75 Å². The maximum Gasteiger partial charge on any atom is 0.348 e. The molecular weight excluding hydrogens is 423 g/mol. The van der Waals surface area contributed by atoms with Crippen LogP contribution < -0.4 is 4.74 Å². The number of halogens is 2. The van der Waals surface area contributed by atoms with Crippen LogP contribution in [-0.2, 0) is 16.1 Å². The van der Waals surface area contributed by atoms with Crippen LogP contribution in [0.3, 0.4) is 0 Å². The first-order valence-corrected chi connectivity index (χ1v) is 9.86. The third-order valence-electron chi connectivity index (χ3n) is 4.43. The molecule has 6 heteroatoms. The number of hydrogen-bond acceptors (Lipinski definition) is 4. The van der Waals surface area contributed by atoms with E-state index in [0.717, 1.165) is 5.56 Å². The summed E-state index contributed by atoms with van der Waals surface area (Å²) >= 11 is 12.0. The molecule has 4 nitrogen and oxygen atoms in total. The zero-order valence-electron chi connectivity index (χ0n) is 15.6. The van der Waals surface area contributed by atoms with Crippen molar-refractivity contribution in [2.75, 3.05) is 0 Å². The van der Waals surface area contributed by atoms with Crippen LogP contribution in [0.1, 0.15) is 16.7 Å². The summed E-state index contributed by atoms with van der Waals surface area (Å²) in [5.41, 5.74) is 2.16. The second-order valence-corrected chi connectivity index (χ2v) is 7.50. The van der Waals surface area contributed by atoms with E-state index >= 15 is 0 Å². The Morgan fingerprint density at radius 2 is 1.67 bits per heavy atom. The lowest BCUT2D eigenvalue weighted by atomic mass is 10.1. The van der Waals surface area contributed by atoms with Crippen molar-refractivity contribution in [1.29, 1.82) is 0 Å². The fraction of sp³-hybridized carbons (Fsp3) is 0.0417. The first-order chi connectivity index (χ1) is 14.5. The molecular formula is C24H16Cl2O4. The highest BCUT2D eigenvalue weighted by atomic mass is 35.5. The summed E-state index contributed by atoms with van der Waals surface area (Å²) < 4.78 is 11.1. The van der Waals surface area contributed by atoms with E-state index in [1.807, 2.05) is 48.5 Å². The maximum absolute atomic E-state index is 12.3. The molecule has 3 aromatic carbocycles. The molecule has 0 aliphatic carbocycles. The molecule has 0 unspecified atom stereocenters. The molecule has 3 aromatic rings. The molecule has 30 heavy (non-hydrogen) atoms. The Morgan fingerprint density at radius 1 is 0.933 bits per heavy atom. The van der Waals surface area contributed by atoms with Crippen LogP contribution >= 0.6 is 23.2 Å². The van der Waals surface area contributed by atoms with Crippen molar-refractivity contribution < 1.29 is 19.4 Å². The molecule has 150 valence electrons. The Morgan fingerprint density at radius 3 is 2.40 bits per heavy atom. The number of benzene rings is 3. The molecule has 0 bridgehead atoms. The minimum Gasteiger partial charge on any atom is -0.504 e. The average molecular weight is 439 g/mol. The van der Waals surface area contributed by atoms with E-state index in [9.17, 15) is 9.90 Å². The minimum atomic E-state index is -0.673. The van der Waals surface area contributed by atoms with Crippen LogP contribution in [0, 0.1) is 0 Å². The summed E-state index contributed by atoms with van der Waals surface area (Å²) in [7, 11) is 0. The van der Waals surface area contributed by atoms with Crippen molar-refractivity contribution in [3.63, 3.8) is 0 Å². The summed E-state index contributed by atoms with van der Waals surface area (Å²) in [4.78, 5) is 12.3. The highest BCUT2D eigenvalue weighted by molar-refractivity contribution is 6.35. The van der Waals surface area contributed by atoms with Gasteiger partial charge in [0.15, 0.2) is 11.5 Å². The topological polar surface area (TPSA) is 55.8 Å². The predicted octanol–water partition coefficient (Wildman–Crippen LogP) is 6.44. The Bertz CT molecular complexity index is 1150. The van der Waals surface area contributed by atoms with Crippen molar-refractivity contribution in [1.82, 2.24) is 0 Å². The SMILES string of the molecule is O=C1O/C(=C\c2cccc(OCc3ccccc3)c2)C(O)=C1c1cc(Cl)cc(Cl)c1. The second kappa shape index (κ2) is 8.66. The van der Waals surface area contributed by atoms with Crippen LogP contribution in [0.4, 0.5) is 0 Å². The van der Waals surface area contributed by atoms with Crippen LogP contribution in [0.25, 0.3) is 11.6 Å². The molecule has 0 fully saturated rings. The van der Waals surface area contributed by atoms with Gasteiger partial charge in [-0.15, -0.1) is 0 Å². The zero-order valence-corrected chi connectivity index (χ0v) is 17.2. The highest BCUT2D eigenvalue weighted by Crippen LogP contribution is 2.35. The second-order valence-electron chi connectivity index (χ2n) is 6.63. The van der Waals surface area contributed by atoms with E-state index in [1.54, 1.807) is 30.3 Å². The van der Waals surface area contributed by atoms with Crippen LogP contribution in [0.15, 0.2) is 84.3 Å². The zero-order chi connectivity index (χ0) is 21.1. The van der Waals surface area contributed by atoms with Crippen LogP contribution in [-0.4, -0.2) is 11.1 Å². The molecule has 0 atom stereocenters. The van der Waals surface area contributed by atoms with E-state index in [2.05, 4.69) is 0 Å². The van der Waals surface area contributed by atoms with Gasteiger partial charge in [0, 0.05) is 10.0 Å². The normalized spacial score (nSPS) is 14.9. The number of cyclic esters (lactones) is 1. The number of hydrogen-bond donors (Lipinski definition) is 1. The fourth-order valence-corrected chi connectivity index (χ4v) is 3.58. The molecule has 0 spiro atoms. The third-order valence-corrected chi connectivity index (χ3v) is 4.87. The van der Waals surface area contributed by atoms with Gasteiger partial charge in [-0.05, 0) is 53.1 Å². The molecule has 0 radical (unpaired) electrons. The van der Waals surface area contributed by atoms with E-state index < -0.39 is 5.97 Å². The Hall–Kier alpha value is -3.21. The van der Waals surface area contributed by atoms with Crippen molar-refractivity contribution in [3.05, 3.63) is 111 Å². The van der Waals surface area contributed by atoms with Crippen molar-refractivity contribution in [2.24, 2.45) is 0 Å². The van der Waals surface area contributed by atoms with Gasteiger partial charge in [0.1, 0.15) is 17.9 Å². The van der Waals surface area contributed by atoms with Crippen LogP contribution in [0.2, 0.25) is 10.0 Å². The number of rotatable bonds is 5. The first kappa shape index (κ1) is 20.1. The van der Waals surface area contributed by atoms with Gasteiger partial charge < -0.3 is 14.6 Å². The van der Waals surface area contributed by atoms with Gasteiger partial charge in [0.2, 0.25) is 0 Å². The number of carbonyl (C=O) groups is 1. The van der Waals surface area contributed by atoms with Crippen molar-refractivity contribution >= 4 is 40.8 Å². The third kappa shape index (κ3) is 4.51. The predicted molar refractivity (Wildman–Crippen MR) is 117 cm³/mol. The van der Waals surface area contributed by atoms with E-state index in [0.29, 0.717) is 33.5 Å². The Balaban J connectivity index is 1.59. The summed E-state index contributed by atoms with van der Waals surface area (Å²) in [5, 5.41) is 11.3. The first-order valence-electron chi connectivity index (χ1n) is 9.10. The number of aliphatic hydroxyl groups excluding tert-OH is 1. The molecule has 0 saturated heterocycles. The number of carbonyl (C=O) groups excluding carboxylic acids is 1. The largest absolute Gasteiger partial charge is 0.504 e.